The van der Waals surface area contributed by atoms with Gasteiger partial charge in [0.1, 0.15) is 0 Å². The van der Waals surface area contributed by atoms with Crippen molar-refractivity contribution < 1.29 is 0 Å². The lowest BCUT2D eigenvalue weighted by atomic mass is 10.3. The van der Waals surface area contributed by atoms with Crippen LogP contribution >= 0.6 is 0 Å². The third kappa shape index (κ3) is 1.70. The molecule has 0 aromatic carbocycles. The van der Waals surface area contributed by atoms with Crippen LogP contribution < -0.4 is 5.56 Å². The summed E-state index contributed by atoms with van der Waals surface area (Å²) in [5.74, 6) is 4.55. The largest absolute Gasteiger partial charge is 0.328 e. The zero-order valence-electron chi connectivity index (χ0n) is 5.59. The van der Waals surface area contributed by atoms with E-state index >= 15 is 0 Å². The van der Waals surface area contributed by atoms with E-state index in [0.717, 1.165) is 0 Å². The Morgan fingerprint density at radius 3 is 3.00 bits per heavy atom. The second kappa shape index (κ2) is 3.24. The van der Waals surface area contributed by atoms with Gasteiger partial charge in [-0.3, -0.25) is 4.79 Å². The molecule has 3 nitrogen and oxygen atoms in total. The van der Waals surface area contributed by atoms with Crippen molar-refractivity contribution in [1.29, 1.82) is 5.26 Å². The molecule has 0 unspecified atom stereocenters. The first-order valence-corrected chi connectivity index (χ1v) is 2.92. The molecule has 1 heterocycles. The SMILES string of the molecule is N#CC#Cc1ccc[nH]c1=O. The standard InChI is InChI=1S/C8H4N2O/c9-5-1-3-7-4-2-6-10-8(7)11/h2,4,6H,(H,10,11). The summed E-state index contributed by atoms with van der Waals surface area (Å²) in [6.45, 7) is 0. The fraction of sp³-hybridized carbons (Fsp3) is 0. The molecule has 3 heteroatoms. The lowest BCUT2D eigenvalue weighted by molar-refractivity contribution is 1.22. The van der Waals surface area contributed by atoms with Gasteiger partial charge in [-0.1, -0.05) is 0 Å². The second-order valence-electron chi connectivity index (χ2n) is 1.77. The van der Waals surface area contributed by atoms with E-state index in [9.17, 15) is 4.79 Å². The molecule has 0 atom stereocenters. The molecule has 11 heavy (non-hydrogen) atoms. The van der Waals surface area contributed by atoms with Crippen LogP contribution in [0.2, 0.25) is 0 Å². The van der Waals surface area contributed by atoms with Crippen molar-refractivity contribution in [2.24, 2.45) is 0 Å². The van der Waals surface area contributed by atoms with Gasteiger partial charge in [-0.25, -0.2) is 0 Å². The van der Waals surface area contributed by atoms with Crippen LogP contribution in [-0.2, 0) is 0 Å². The highest BCUT2D eigenvalue weighted by Crippen LogP contribution is 1.83. The molecule has 0 saturated carbocycles. The molecule has 1 aromatic heterocycles. The van der Waals surface area contributed by atoms with Crippen LogP contribution in [0, 0.1) is 23.2 Å². The maximum atomic E-state index is 10.9. The number of pyridine rings is 1. The fourth-order valence-electron chi connectivity index (χ4n) is 0.615. The zero-order chi connectivity index (χ0) is 8.10. The minimum Gasteiger partial charge on any atom is -0.328 e. The Morgan fingerprint density at radius 1 is 1.55 bits per heavy atom. The Kier molecular flexibility index (Phi) is 2.09. The molecule has 1 N–H and O–H groups in total. The number of rotatable bonds is 0. The average molecular weight is 144 g/mol. The maximum Gasteiger partial charge on any atom is 0.263 e. The van der Waals surface area contributed by atoms with Gasteiger partial charge in [-0.05, 0) is 18.1 Å². The van der Waals surface area contributed by atoms with E-state index in [1.54, 1.807) is 18.2 Å². The van der Waals surface area contributed by atoms with Crippen LogP contribution in [0.5, 0.6) is 0 Å². The van der Waals surface area contributed by atoms with Gasteiger partial charge in [0.05, 0.1) is 5.56 Å². The van der Waals surface area contributed by atoms with Crippen LogP contribution in [-0.4, -0.2) is 4.98 Å². The quantitative estimate of drug-likeness (QED) is 0.530. The van der Waals surface area contributed by atoms with E-state index in [1.807, 2.05) is 0 Å². The Bertz CT molecular complexity index is 400. The van der Waals surface area contributed by atoms with Gasteiger partial charge in [0.15, 0.2) is 6.07 Å². The van der Waals surface area contributed by atoms with Crippen LogP contribution in [0.25, 0.3) is 0 Å². The summed E-state index contributed by atoms with van der Waals surface area (Å²) < 4.78 is 0. The third-order valence-electron chi connectivity index (χ3n) is 1.07. The summed E-state index contributed by atoms with van der Waals surface area (Å²) in [5, 5.41) is 8.08. The summed E-state index contributed by atoms with van der Waals surface area (Å²) in [5.41, 5.74) is 0.0456. The van der Waals surface area contributed by atoms with E-state index < -0.39 is 0 Å². The van der Waals surface area contributed by atoms with Crippen LogP contribution in [0.1, 0.15) is 5.56 Å². The maximum absolute atomic E-state index is 10.9. The fourth-order valence-corrected chi connectivity index (χ4v) is 0.615. The number of aromatic amines is 1. The van der Waals surface area contributed by atoms with Crippen molar-refractivity contribution in [3.05, 3.63) is 34.2 Å². The van der Waals surface area contributed by atoms with E-state index in [0.29, 0.717) is 5.56 Å². The Morgan fingerprint density at radius 2 is 2.36 bits per heavy atom. The molecule has 0 bridgehead atoms. The molecule has 0 aliphatic rings. The normalized spacial score (nSPS) is 7.55. The van der Waals surface area contributed by atoms with Gasteiger partial charge >= 0.3 is 0 Å². The van der Waals surface area contributed by atoms with Gasteiger partial charge in [-0.2, -0.15) is 5.26 Å². The van der Waals surface area contributed by atoms with Crippen LogP contribution in [0.3, 0.4) is 0 Å². The van der Waals surface area contributed by atoms with E-state index in [1.165, 1.54) is 6.20 Å². The number of nitrogens with zero attached hydrogens (tertiary/aromatic N) is 1. The van der Waals surface area contributed by atoms with Crippen LogP contribution in [0.4, 0.5) is 0 Å². The van der Waals surface area contributed by atoms with Crippen LogP contribution in [0.15, 0.2) is 23.1 Å². The summed E-state index contributed by atoms with van der Waals surface area (Å²) in [6.07, 6.45) is 1.51. The smallest absolute Gasteiger partial charge is 0.263 e. The van der Waals surface area contributed by atoms with Crippen molar-refractivity contribution >= 4 is 0 Å². The minimum absolute atomic E-state index is 0.268. The molecule has 1 aromatic rings. The predicted molar refractivity (Wildman–Crippen MR) is 39.6 cm³/mol. The number of nitrogens with one attached hydrogen (secondary N) is 1. The zero-order valence-corrected chi connectivity index (χ0v) is 5.59. The Balaban J connectivity index is 3.18. The number of aromatic nitrogens is 1. The molecule has 0 fully saturated rings. The highest BCUT2D eigenvalue weighted by molar-refractivity contribution is 5.35. The van der Waals surface area contributed by atoms with Crippen molar-refractivity contribution in [1.82, 2.24) is 4.98 Å². The summed E-state index contributed by atoms with van der Waals surface area (Å²) in [6, 6.07) is 4.84. The highest BCUT2D eigenvalue weighted by Gasteiger charge is 1.89. The highest BCUT2D eigenvalue weighted by atomic mass is 16.1. The number of hydrogen-bond donors (Lipinski definition) is 1. The predicted octanol–water partition coefficient (Wildman–Crippen LogP) is 0.250. The molecule has 0 amide bonds. The molecule has 0 spiro atoms. The average Bonchev–Trinajstić information content (AvgIpc) is 2.03. The second-order valence-corrected chi connectivity index (χ2v) is 1.77. The first kappa shape index (κ1) is 7.11. The first-order chi connectivity index (χ1) is 5.34. The van der Waals surface area contributed by atoms with E-state index in [2.05, 4.69) is 16.8 Å². The van der Waals surface area contributed by atoms with Crippen molar-refractivity contribution in [2.75, 3.05) is 0 Å². The molecule has 0 saturated heterocycles. The van der Waals surface area contributed by atoms with Crippen molar-refractivity contribution in [3.63, 3.8) is 0 Å². The number of H-pyrrole nitrogens is 1. The third-order valence-corrected chi connectivity index (χ3v) is 1.07. The Hall–Kier alpha value is -2.00. The van der Waals surface area contributed by atoms with Gasteiger partial charge in [-0.15, -0.1) is 0 Å². The monoisotopic (exact) mass is 144 g/mol. The van der Waals surface area contributed by atoms with E-state index in [-0.39, 0.29) is 5.56 Å². The van der Waals surface area contributed by atoms with Gasteiger partial charge in [0, 0.05) is 12.1 Å². The first-order valence-electron chi connectivity index (χ1n) is 2.92. The lowest BCUT2D eigenvalue weighted by Gasteiger charge is -1.83. The number of hydrogen-bond acceptors (Lipinski definition) is 2. The molecule has 1 rings (SSSR count). The Labute approximate surface area is 63.3 Å². The molecular weight excluding hydrogens is 140 g/mol. The molecule has 0 aliphatic carbocycles. The molecule has 0 radical (unpaired) electrons. The summed E-state index contributed by atoms with van der Waals surface area (Å²) >= 11 is 0. The topological polar surface area (TPSA) is 56.6 Å². The molecular formula is C8H4N2O. The minimum atomic E-state index is -0.268. The molecule has 52 valence electrons. The summed E-state index contributed by atoms with van der Waals surface area (Å²) in [7, 11) is 0. The van der Waals surface area contributed by atoms with Crippen molar-refractivity contribution in [3.8, 4) is 17.9 Å². The molecule has 0 aliphatic heterocycles. The van der Waals surface area contributed by atoms with Gasteiger partial charge in [0.25, 0.3) is 5.56 Å². The van der Waals surface area contributed by atoms with Crippen molar-refractivity contribution in [2.45, 2.75) is 0 Å². The number of nitriles is 1. The summed E-state index contributed by atoms with van der Waals surface area (Å²) in [4.78, 5) is 13.3. The van der Waals surface area contributed by atoms with Gasteiger partial charge < -0.3 is 4.98 Å². The lowest BCUT2D eigenvalue weighted by Crippen LogP contribution is -2.07. The van der Waals surface area contributed by atoms with Gasteiger partial charge in [0.2, 0.25) is 0 Å². The van der Waals surface area contributed by atoms with E-state index in [4.69, 9.17) is 5.26 Å².